The van der Waals surface area contributed by atoms with Crippen molar-refractivity contribution in [2.45, 2.75) is 31.7 Å². The molecule has 2 nitrogen and oxygen atoms in total. The number of rotatable bonds is 4. The highest BCUT2D eigenvalue weighted by Gasteiger charge is 2.12. The summed E-state index contributed by atoms with van der Waals surface area (Å²) >= 11 is 0. The van der Waals surface area contributed by atoms with Crippen LogP contribution in [0.3, 0.4) is 0 Å². The van der Waals surface area contributed by atoms with Crippen LogP contribution in [0.2, 0.25) is 0 Å². The van der Waals surface area contributed by atoms with Crippen LogP contribution in [0.25, 0.3) is 0 Å². The van der Waals surface area contributed by atoms with Gasteiger partial charge in [0.1, 0.15) is 0 Å². The van der Waals surface area contributed by atoms with Gasteiger partial charge in [0.15, 0.2) is 0 Å². The van der Waals surface area contributed by atoms with E-state index < -0.39 is 0 Å². The van der Waals surface area contributed by atoms with Crippen LogP contribution >= 0.6 is 0 Å². The number of hydrogen-bond donors (Lipinski definition) is 1. The van der Waals surface area contributed by atoms with Crippen molar-refractivity contribution in [1.29, 1.82) is 0 Å². The Hall–Kier alpha value is -0.860. The summed E-state index contributed by atoms with van der Waals surface area (Å²) in [5.41, 5.74) is 7.45. The van der Waals surface area contributed by atoms with Crippen LogP contribution < -0.4 is 5.73 Å². The molecule has 2 rings (SSSR count). The van der Waals surface area contributed by atoms with Gasteiger partial charge in [-0.1, -0.05) is 36.8 Å². The van der Waals surface area contributed by atoms with Crippen molar-refractivity contribution in [3.8, 4) is 0 Å². The van der Waals surface area contributed by atoms with E-state index in [2.05, 4.69) is 29.2 Å². The number of likely N-dealkylation sites (tertiary alicyclic amines) is 1. The first kappa shape index (κ1) is 11.6. The summed E-state index contributed by atoms with van der Waals surface area (Å²) in [6.07, 6.45) is 5.20. The molecule has 0 saturated carbocycles. The van der Waals surface area contributed by atoms with Crippen LogP contribution in [-0.4, -0.2) is 24.5 Å². The molecule has 1 aliphatic heterocycles. The Labute approximate surface area is 98.4 Å². The normalized spacial score (nSPS) is 19.6. The molecule has 1 aromatic rings. The lowest BCUT2D eigenvalue weighted by Crippen LogP contribution is -2.32. The Kier molecular flexibility index (Phi) is 4.37. The number of nitrogens with zero attached hydrogens (tertiary/aromatic N) is 1. The van der Waals surface area contributed by atoms with E-state index in [0.717, 1.165) is 13.0 Å². The Morgan fingerprint density at radius 1 is 1.06 bits per heavy atom. The van der Waals surface area contributed by atoms with Crippen LogP contribution in [0.4, 0.5) is 0 Å². The predicted molar refractivity (Wildman–Crippen MR) is 68.3 cm³/mol. The van der Waals surface area contributed by atoms with Gasteiger partial charge >= 0.3 is 0 Å². The van der Waals surface area contributed by atoms with E-state index in [1.165, 1.54) is 37.9 Å². The SMILES string of the molecule is N[C@H](CCN1CCCCC1)c1ccccc1. The Morgan fingerprint density at radius 2 is 1.75 bits per heavy atom. The standard InChI is InChI=1S/C14H22N2/c15-14(13-7-3-1-4-8-13)9-12-16-10-5-2-6-11-16/h1,3-4,7-8,14H,2,5-6,9-12,15H2/t14-/m1/s1. The second-order valence-corrected chi connectivity index (χ2v) is 4.71. The summed E-state index contributed by atoms with van der Waals surface area (Å²) in [5, 5.41) is 0. The van der Waals surface area contributed by atoms with Crippen molar-refractivity contribution in [3.63, 3.8) is 0 Å². The molecule has 0 unspecified atom stereocenters. The van der Waals surface area contributed by atoms with Gasteiger partial charge in [-0.15, -0.1) is 0 Å². The largest absolute Gasteiger partial charge is 0.324 e. The summed E-state index contributed by atoms with van der Waals surface area (Å²) in [7, 11) is 0. The van der Waals surface area contributed by atoms with Crippen molar-refractivity contribution in [2.75, 3.05) is 19.6 Å². The van der Waals surface area contributed by atoms with E-state index in [-0.39, 0.29) is 6.04 Å². The van der Waals surface area contributed by atoms with Gasteiger partial charge < -0.3 is 10.6 Å². The zero-order valence-corrected chi connectivity index (χ0v) is 9.94. The lowest BCUT2D eigenvalue weighted by molar-refractivity contribution is 0.221. The maximum Gasteiger partial charge on any atom is 0.0307 e. The highest BCUT2D eigenvalue weighted by molar-refractivity contribution is 5.18. The third kappa shape index (κ3) is 3.32. The zero-order valence-electron chi connectivity index (χ0n) is 9.94. The maximum atomic E-state index is 6.19. The van der Waals surface area contributed by atoms with Gasteiger partial charge in [-0.05, 0) is 44.5 Å². The smallest absolute Gasteiger partial charge is 0.0307 e. The molecular formula is C14H22N2. The van der Waals surface area contributed by atoms with E-state index in [4.69, 9.17) is 5.73 Å². The molecule has 1 fully saturated rings. The number of nitrogens with two attached hydrogens (primary N) is 1. The van der Waals surface area contributed by atoms with Crippen LogP contribution in [0.1, 0.15) is 37.3 Å². The molecule has 16 heavy (non-hydrogen) atoms. The molecule has 2 heteroatoms. The molecule has 0 bridgehead atoms. The number of hydrogen-bond acceptors (Lipinski definition) is 2. The minimum atomic E-state index is 0.197. The summed E-state index contributed by atoms with van der Waals surface area (Å²) in [4.78, 5) is 2.55. The zero-order chi connectivity index (χ0) is 11.2. The predicted octanol–water partition coefficient (Wildman–Crippen LogP) is 2.56. The first-order chi connectivity index (χ1) is 7.86. The summed E-state index contributed by atoms with van der Waals surface area (Å²) < 4.78 is 0. The van der Waals surface area contributed by atoms with Crippen molar-refractivity contribution in [3.05, 3.63) is 35.9 Å². The third-order valence-corrected chi connectivity index (χ3v) is 3.43. The summed E-state index contributed by atoms with van der Waals surface area (Å²) in [6, 6.07) is 10.6. The molecule has 0 aromatic heterocycles. The Morgan fingerprint density at radius 3 is 2.44 bits per heavy atom. The minimum Gasteiger partial charge on any atom is -0.324 e. The minimum absolute atomic E-state index is 0.197. The van der Waals surface area contributed by atoms with Gasteiger partial charge in [-0.25, -0.2) is 0 Å². The molecule has 0 radical (unpaired) electrons. The molecule has 88 valence electrons. The fourth-order valence-electron chi connectivity index (χ4n) is 2.37. The van der Waals surface area contributed by atoms with Crippen molar-refractivity contribution >= 4 is 0 Å². The molecule has 1 heterocycles. The van der Waals surface area contributed by atoms with Gasteiger partial charge in [0, 0.05) is 6.04 Å². The summed E-state index contributed by atoms with van der Waals surface area (Å²) in [6.45, 7) is 3.68. The second kappa shape index (κ2) is 6.02. The molecule has 0 amide bonds. The number of piperidine rings is 1. The quantitative estimate of drug-likeness (QED) is 0.841. The molecule has 1 saturated heterocycles. The van der Waals surface area contributed by atoms with Crippen molar-refractivity contribution in [1.82, 2.24) is 4.90 Å². The Bertz CT molecular complexity index is 291. The molecule has 1 aliphatic rings. The highest BCUT2D eigenvalue weighted by atomic mass is 15.1. The fourth-order valence-corrected chi connectivity index (χ4v) is 2.37. The fraction of sp³-hybridized carbons (Fsp3) is 0.571. The number of benzene rings is 1. The molecule has 0 aliphatic carbocycles. The van der Waals surface area contributed by atoms with E-state index in [0.29, 0.717) is 0 Å². The van der Waals surface area contributed by atoms with Crippen LogP contribution in [0.5, 0.6) is 0 Å². The monoisotopic (exact) mass is 218 g/mol. The van der Waals surface area contributed by atoms with Gasteiger partial charge in [0.2, 0.25) is 0 Å². The maximum absolute atomic E-state index is 6.19. The summed E-state index contributed by atoms with van der Waals surface area (Å²) in [5.74, 6) is 0. The Balaban J connectivity index is 1.77. The molecule has 2 N–H and O–H groups in total. The second-order valence-electron chi connectivity index (χ2n) is 4.71. The van der Waals surface area contributed by atoms with E-state index in [1.54, 1.807) is 0 Å². The lowest BCUT2D eigenvalue weighted by Gasteiger charge is -2.27. The topological polar surface area (TPSA) is 29.3 Å². The van der Waals surface area contributed by atoms with Gasteiger partial charge in [-0.2, -0.15) is 0 Å². The van der Waals surface area contributed by atoms with Gasteiger partial charge in [0.25, 0.3) is 0 Å². The van der Waals surface area contributed by atoms with E-state index in [9.17, 15) is 0 Å². The lowest BCUT2D eigenvalue weighted by atomic mass is 10.0. The van der Waals surface area contributed by atoms with Crippen molar-refractivity contribution in [2.24, 2.45) is 5.73 Å². The third-order valence-electron chi connectivity index (χ3n) is 3.43. The van der Waals surface area contributed by atoms with Crippen LogP contribution in [0, 0.1) is 0 Å². The average molecular weight is 218 g/mol. The van der Waals surface area contributed by atoms with Gasteiger partial charge in [0.05, 0.1) is 0 Å². The van der Waals surface area contributed by atoms with Crippen molar-refractivity contribution < 1.29 is 0 Å². The van der Waals surface area contributed by atoms with Crippen LogP contribution in [-0.2, 0) is 0 Å². The molecule has 0 spiro atoms. The van der Waals surface area contributed by atoms with E-state index in [1.807, 2.05) is 6.07 Å². The first-order valence-corrected chi connectivity index (χ1v) is 6.39. The molecule has 1 atom stereocenters. The average Bonchev–Trinajstić information content (AvgIpc) is 2.38. The first-order valence-electron chi connectivity index (χ1n) is 6.39. The highest BCUT2D eigenvalue weighted by Crippen LogP contribution is 2.15. The van der Waals surface area contributed by atoms with Gasteiger partial charge in [-0.3, -0.25) is 0 Å². The van der Waals surface area contributed by atoms with E-state index >= 15 is 0 Å². The molecule has 1 aromatic carbocycles. The van der Waals surface area contributed by atoms with Crippen LogP contribution in [0.15, 0.2) is 30.3 Å². The molecular weight excluding hydrogens is 196 g/mol.